The molecule has 0 spiro atoms. The number of furan rings is 1. The molecule has 0 aliphatic rings. The smallest absolute Gasteiger partial charge is 0.261 e. The van der Waals surface area contributed by atoms with E-state index in [1.807, 2.05) is 36.6 Å². The highest BCUT2D eigenvalue weighted by Gasteiger charge is 2.08. The number of hydrogen-bond acceptors (Lipinski definition) is 4. The lowest BCUT2D eigenvalue weighted by atomic mass is 10.1. The first-order valence-corrected chi connectivity index (χ1v) is 7.41. The summed E-state index contributed by atoms with van der Waals surface area (Å²) in [5.41, 5.74) is 2.94. The zero-order valence-electron chi connectivity index (χ0n) is 11.5. The minimum absolute atomic E-state index is 0.0588. The Labute approximate surface area is 126 Å². The number of rotatable bonds is 4. The largest absolute Gasteiger partial charge is 0.464 e. The summed E-state index contributed by atoms with van der Waals surface area (Å²) < 4.78 is 5.35. The van der Waals surface area contributed by atoms with Crippen LogP contribution >= 0.6 is 11.3 Å². The molecule has 0 radical (unpaired) electrons. The van der Waals surface area contributed by atoms with E-state index in [0.29, 0.717) is 6.54 Å². The molecule has 1 N–H and O–H groups in total. The lowest BCUT2D eigenvalue weighted by Gasteiger charge is -2.05. The van der Waals surface area contributed by atoms with Crippen LogP contribution in [0.2, 0.25) is 0 Å². The van der Waals surface area contributed by atoms with Gasteiger partial charge in [-0.15, -0.1) is 11.3 Å². The van der Waals surface area contributed by atoms with Crippen molar-refractivity contribution >= 4 is 17.2 Å². The summed E-state index contributed by atoms with van der Waals surface area (Å²) in [4.78, 5) is 16.9. The minimum Gasteiger partial charge on any atom is -0.464 e. The molecule has 0 saturated carbocycles. The number of aryl methyl sites for hydroxylation is 1. The molecule has 0 aliphatic heterocycles. The van der Waals surface area contributed by atoms with Crippen molar-refractivity contribution in [2.45, 2.75) is 13.5 Å². The lowest BCUT2D eigenvalue weighted by Crippen LogP contribution is -2.21. The average Bonchev–Trinajstić information content (AvgIpc) is 3.16. The molecule has 3 rings (SSSR count). The first-order valence-electron chi connectivity index (χ1n) is 6.53. The van der Waals surface area contributed by atoms with E-state index in [2.05, 4.69) is 10.3 Å². The third-order valence-electron chi connectivity index (χ3n) is 3.01. The van der Waals surface area contributed by atoms with Gasteiger partial charge in [0.25, 0.3) is 5.91 Å². The number of nitrogens with zero attached hydrogens (tertiary/aromatic N) is 1. The molecular formula is C16H14N2O2S. The number of amides is 1. The van der Waals surface area contributed by atoms with Gasteiger partial charge in [0, 0.05) is 24.5 Å². The zero-order valence-corrected chi connectivity index (χ0v) is 12.3. The third kappa shape index (κ3) is 3.20. The molecule has 0 unspecified atom stereocenters. The number of carbonyl (C=O) groups is 1. The fourth-order valence-corrected chi connectivity index (χ4v) is 2.80. The van der Waals surface area contributed by atoms with Crippen molar-refractivity contribution < 1.29 is 9.21 Å². The van der Waals surface area contributed by atoms with Crippen LogP contribution in [-0.2, 0) is 6.54 Å². The summed E-state index contributed by atoms with van der Waals surface area (Å²) in [6.45, 7) is 2.42. The molecule has 3 heterocycles. The highest BCUT2D eigenvalue weighted by molar-refractivity contribution is 7.12. The van der Waals surface area contributed by atoms with Crippen LogP contribution in [0.4, 0.5) is 0 Å². The standard InChI is InChI=1S/C16H14N2O2S/c1-11-5-15(21-10-11)16(19)18-8-12-6-13(9-17-7-12)14-3-2-4-20-14/h2-7,9-10H,8H2,1H3,(H,18,19). The lowest BCUT2D eigenvalue weighted by molar-refractivity contribution is 0.0955. The van der Waals surface area contributed by atoms with E-state index in [0.717, 1.165) is 27.3 Å². The van der Waals surface area contributed by atoms with Gasteiger partial charge in [-0.05, 0) is 47.7 Å². The maximum absolute atomic E-state index is 12.0. The highest BCUT2D eigenvalue weighted by atomic mass is 32.1. The predicted molar refractivity (Wildman–Crippen MR) is 82.2 cm³/mol. The minimum atomic E-state index is -0.0588. The van der Waals surface area contributed by atoms with E-state index < -0.39 is 0 Å². The number of nitrogens with one attached hydrogen (secondary N) is 1. The molecule has 0 fully saturated rings. The number of thiophene rings is 1. The van der Waals surface area contributed by atoms with Crippen LogP contribution in [0.1, 0.15) is 20.8 Å². The van der Waals surface area contributed by atoms with Crippen LogP contribution in [0.15, 0.2) is 52.7 Å². The second-order valence-corrected chi connectivity index (χ2v) is 5.64. The van der Waals surface area contributed by atoms with Crippen LogP contribution in [-0.4, -0.2) is 10.9 Å². The molecule has 0 bridgehead atoms. The molecule has 21 heavy (non-hydrogen) atoms. The summed E-state index contributed by atoms with van der Waals surface area (Å²) in [5.74, 6) is 0.709. The number of aromatic nitrogens is 1. The fraction of sp³-hybridized carbons (Fsp3) is 0.125. The van der Waals surface area contributed by atoms with Gasteiger partial charge in [-0.1, -0.05) is 0 Å². The Morgan fingerprint density at radius 1 is 1.38 bits per heavy atom. The molecule has 3 aromatic heterocycles. The van der Waals surface area contributed by atoms with E-state index >= 15 is 0 Å². The molecule has 5 heteroatoms. The van der Waals surface area contributed by atoms with Crippen LogP contribution in [0, 0.1) is 6.92 Å². The summed E-state index contributed by atoms with van der Waals surface area (Å²) in [6, 6.07) is 7.57. The van der Waals surface area contributed by atoms with Crippen LogP contribution in [0.25, 0.3) is 11.3 Å². The van der Waals surface area contributed by atoms with E-state index in [1.54, 1.807) is 18.7 Å². The molecule has 0 atom stereocenters. The maximum Gasteiger partial charge on any atom is 0.261 e. The monoisotopic (exact) mass is 298 g/mol. The Bertz CT molecular complexity index is 747. The number of carbonyl (C=O) groups excluding carboxylic acids is 1. The first-order chi connectivity index (χ1) is 10.2. The van der Waals surface area contributed by atoms with Gasteiger partial charge in [0.2, 0.25) is 0 Å². The molecule has 106 valence electrons. The fourth-order valence-electron chi connectivity index (χ4n) is 1.98. The molecule has 0 saturated heterocycles. The van der Waals surface area contributed by atoms with Crippen molar-refractivity contribution in [2.24, 2.45) is 0 Å². The van der Waals surface area contributed by atoms with Gasteiger partial charge in [-0.3, -0.25) is 9.78 Å². The first kappa shape index (κ1) is 13.6. The maximum atomic E-state index is 12.0. The van der Waals surface area contributed by atoms with Gasteiger partial charge in [0.1, 0.15) is 5.76 Å². The Balaban J connectivity index is 1.68. The second kappa shape index (κ2) is 5.93. The molecule has 0 aliphatic carbocycles. The average molecular weight is 298 g/mol. The van der Waals surface area contributed by atoms with Crippen molar-refractivity contribution in [2.75, 3.05) is 0 Å². The van der Waals surface area contributed by atoms with Crippen molar-refractivity contribution in [1.29, 1.82) is 0 Å². The Morgan fingerprint density at radius 2 is 2.29 bits per heavy atom. The Kier molecular flexibility index (Phi) is 3.83. The second-order valence-electron chi connectivity index (χ2n) is 4.73. The van der Waals surface area contributed by atoms with Gasteiger partial charge < -0.3 is 9.73 Å². The van der Waals surface area contributed by atoms with Gasteiger partial charge in [-0.25, -0.2) is 0 Å². The van der Waals surface area contributed by atoms with E-state index in [1.165, 1.54) is 11.3 Å². The van der Waals surface area contributed by atoms with E-state index in [9.17, 15) is 4.79 Å². The summed E-state index contributed by atoms with van der Waals surface area (Å²) >= 11 is 1.45. The molecule has 3 aromatic rings. The highest BCUT2D eigenvalue weighted by Crippen LogP contribution is 2.19. The SMILES string of the molecule is Cc1csc(C(=O)NCc2cncc(-c3ccco3)c2)c1. The molecule has 1 amide bonds. The zero-order chi connectivity index (χ0) is 14.7. The van der Waals surface area contributed by atoms with E-state index in [4.69, 9.17) is 4.42 Å². The third-order valence-corrected chi connectivity index (χ3v) is 4.05. The normalized spacial score (nSPS) is 10.5. The summed E-state index contributed by atoms with van der Waals surface area (Å²) in [5, 5.41) is 4.87. The Hall–Kier alpha value is -2.40. The van der Waals surface area contributed by atoms with Crippen LogP contribution < -0.4 is 5.32 Å². The Morgan fingerprint density at radius 3 is 3.00 bits per heavy atom. The predicted octanol–water partition coefficient (Wildman–Crippen LogP) is 3.64. The van der Waals surface area contributed by atoms with Crippen molar-refractivity contribution in [3.05, 3.63) is 64.3 Å². The van der Waals surface area contributed by atoms with Gasteiger partial charge in [0.05, 0.1) is 11.1 Å². The van der Waals surface area contributed by atoms with Crippen LogP contribution in [0.3, 0.4) is 0 Å². The summed E-state index contributed by atoms with van der Waals surface area (Å²) in [7, 11) is 0. The van der Waals surface area contributed by atoms with Crippen molar-refractivity contribution in [3.63, 3.8) is 0 Å². The van der Waals surface area contributed by atoms with Gasteiger partial charge >= 0.3 is 0 Å². The molecule has 0 aromatic carbocycles. The molecular weight excluding hydrogens is 284 g/mol. The van der Waals surface area contributed by atoms with Crippen molar-refractivity contribution in [3.8, 4) is 11.3 Å². The van der Waals surface area contributed by atoms with Crippen LogP contribution in [0.5, 0.6) is 0 Å². The molecule has 4 nitrogen and oxygen atoms in total. The number of pyridine rings is 1. The quantitative estimate of drug-likeness (QED) is 0.800. The summed E-state index contributed by atoms with van der Waals surface area (Å²) in [6.07, 6.45) is 5.11. The van der Waals surface area contributed by atoms with E-state index in [-0.39, 0.29) is 5.91 Å². The number of hydrogen-bond donors (Lipinski definition) is 1. The topological polar surface area (TPSA) is 55.1 Å². The van der Waals surface area contributed by atoms with Crippen molar-refractivity contribution in [1.82, 2.24) is 10.3 Å². The van der Waals surface area contributed by atoms with Gasteiger partial charge in [-0.2, -0.15) is 0 Å². The van der Waals surface area contributed by atoms with Gasteiger partial charge in [0.15, 0.2) is 0 Å².